The molecule has 0 radical (unpaired) electrons. The Bertz CT molecular complexity index is 462. The van der Waals surface area contributed by atoms with Crippen molar-refractivity contribution in [2.75, 3.05) is 26.4 Å². The standard InChI is InChI=1S/C14H30N4O2S/c1-6-14(8-7-9-14)11-17-12(15-4)16-10-13(2,3)18-21(5,19)20/h18H,6-11H2,1-5H3,(H2,15,16,17). The number of guanidine groups is 1. The Morgan fingerprint density at radius 3 is 2.29 bits per heavy atom. The molecule has 124 valence electrons. The first kappa shape index (κ1) is 18.2. The fourth-order valence-electron chi connectivity index (χ4n) is 2.67. The number of rotatable bonds is 7. The molecular formula is C14H30N4O2S. The summed E-state index contributed by atoms with van der Waals surface area (Å²) in [5, 5.41) is 6.55. The third-order valence-electron chi connectivity index (χ3n) is 4.18. The molecule has 0 spiro atoms. The lowest BCUT2D eigenvalue weighted by Crippen LogP contribution is -2.54. The zero-order chi connectivity index (χ0) is 16.1. The minimum atomic E-state index is -3.22. The number of nitrogens with one attached hydrogen (secondary N) is 3. The Balaban J connectivity index is 2.44. The van der Waals surface area contributed by atoms with Crippen molar-refractivity contribution in [2.45, 2.75) is 52.0 Å². The van der Waals surface area contributed by atoms with Gasteiger partial charge in [-0.15, -0.1) is 0 Å². The van der Waals surface area contributed by atoms with Gasteiger partial charge in [-0.1, -0.05) is 13.3 Å². The summed E-state index contributed by atoms with van der Waals surface area (Å²) in [6, 6.07) is 0. The van der Waals surface area contributed by atoms with Crippen LogP contribution in [0.5, 0.6) is 0 Å². The molecule has 1 rings (SSSR count). The Morgan fingerprint density at radius 2 is 1.90 bits per heavy atom. The van der Waals surface area contributed by atoms with Crippen molar-refractivity contribution in [1.29, 1.82) is 0 Å². The molecule has 1 aliphatic carbocycles. The Morgan fingerprint density at radius 1 is 1.29 bits per heavy atom. The minimum Gasteiger partial charge on any atom is -0.356 e. The molecule has 1 saturated carbocycles. The van der Waals surface area contributed by atoms with Gasteiger partial charge < -0.3 is 10.6 Å². The highest BCUT2D eigenvalue weighted by Gasteiger charge is 2.35. The molecule has 0 aliphatic heterocycles. The van der Waals surface area contributed by atoms with Crippen LogP contribution in [0.15, 0.2) is 4.99 Å². The third kappa shape index (κ3) is 6.22. The molecule has 1 aliphatic rings. The predicted molar refractivity (Wildman–Crippen MR) is 88.0 cm³/mol. The van der Waals surface area contributed by atoms with Crippen LogP contribution in [0.2, 0.25) is 0 Å². The normalized spacial score (nSPS) is 19.0. The highest BCUT2D eigenvalue weighted by Crippen LogP contribution is 2.42. The quantitative estimate of drug-likeness (QED) is 0.484. The molecule has 0 aromatic carbocycles. The maximum Gasteiger partial charge on any atom is 0.209 e. The van der Waals surface area contributed by atoms with Crippen molar-refractivity contribution < 1.29 is 8.42 Å². The summed E-state index contributed by atoms with van der Waals surface area (Å²) in [6.07, 6.45) is 6.21. The zero-order valence-corrected chi connectivity index (χ0v) is 14.7. The maximum atomic E-state index is 11.3. The SMILES string of the molecule is CCC1(CNC(=NC)NCC(C)(C)NS(C)(=O)=O)CCC1. The smallest absolute Gasteiger partial charge is 0.209 e. The number of hydrogen-bond donors (Lipinski definition) is 3. The van der Waals surface area contributed by atoms with Crippen molar-refractivity contribution in [3.63, 3.8) is 0 Å². The third-order valence-corrected chi connectivity index (χ3v) is 5.10. The molecule has 0 heterocycles. The molecule has 0 aromatic heterocycles. The molecule has 0 unspecified atom stereocenters. The second kappa shape index (κ2) is 6.96. The van der Waals surface area contributed by atoms with E-state index in [9.17, 15) is 8.42 Å². The molecule has 7 heteroatoms. The molecule has 0 atom stereocenters. The molecule has 6 nitrogen and oxygen atoms in total. The number of hydrogen-bond acceptors (Lipinski definition) is 3. The monoisotopic (exact) mass is 318 g/mol. The first-order valence-corrected chi connectivity index (χ1v) is 9.44. The van der Waals surface area contributed by atoms with Gasteiger partial charge in [0.15, 0.2) is 5.96 Å². The summed E-state index contributed by atoms with van der Waals surface area (Å²) in [4.78, 5) is 4.20. The topological polar surface area (TPSA) is 82.6 Å². The van der Waals surface area contributed by atoms with E-state index in [1.54, 1.807) is 7.05 Å². The summed E-state index contributed by atoms with van der Waals surface area (Å²) in [7, 11) is -1.49. The van der Waals surface area contributed by atoms with E-state index in [1.807, 2.05) is 13.8 Å². The Hall–Kier alpha value is -0.820. The zero-order valence-electron chi connectivity index (χ0n) is 13.9. The molecule has 3 N–H and O–H groups in total. The van der Waals surface area contributed by atoms with E-state index in [1.165, 1.54) is 31.9 Å². The second-order valence-corrected chi connectivity index (χ2v) is 8.49. The molecule has 21 heavy (non-hydrogen) atoms. The fourth-order valence-corrected chi connectivity index (χ4v) is 3.74. The van der Waals surface area contributed by atoms with Crippen LogP contribution in [-0.4, -0.2) is 46.3 Å². The molecular weight excluding hydrogens is 288 g/mol. The number of aliphatic imine (C=N–C) groups is 1. The average Bonchev–Trinajstić information content (AvgIpc) is 2.28. The molecule has 0 bridgehead atoms. The fraction of sp³-hybridized carbons (Fsp3) is 0.929. The van der Waals surface area contributed by atoms with Gasteiger partial charge in [0.05, 0.1) is 6.26 Å². The lowest BCUT2D eigenvalue weighted by Gasteiger charge is -2.41. The largest absolute Gasteiger partial charge is 0.356 e. The van der Waals surface area contributed by atoms with Crippen LogP contribution in [0, 0.1) is 5.41 Å². The van der Waals surface area contributed by atoms with Crippen molar-refractivity contribution in [3.8, 4) is 0 Å². The van der Waals surface area contributed by atoms with E-state index < -0.39 is 15.6 Å². The van der Waals surface area contributed by atoms with Gasteiger partial charge in [-0.25, -0.2) is 13.1 Å². The van der Waals surface area contributed by atoms with Crippen LogP contribution in [0.4, 0.5) is 0 Å². The van der Waals surface area contributed by atoms with E-state index in [4.69, 9.17) is 0 Å². The van der Waals surface area contributed by atoms with Gasteiger partial charge in [0.2, 0.25) is 10.0 Å². The van der Waals surface area contributed by atoms with Crippen molar-refractivity contribution in [3.05, 3.63) is 0 Å². The first-order chi connectivity index (χ1) is 9.61. The van der Waals surface area contributed by atoms with Crippen LogP contribution in [0.1, 0.15) is 46.5 Å². The van der Waals surface area contributed by atoms with Crippen molar-refractivity contribution in [2.24, 2.45) is 10.4 Å². The van der Waals surface area contributed by atoms with Crippen LogP contribution in [-0.2, 0) is 10.0 Å². The maximum absolute atomic E-state index is 11.3. The molecule has 0 aromatic rings. The van der Waals surface area contributed by atoms with E-state index in [0.717, 1.165) is 12.5 Å². The van der Waals surface area contributed by atoms with Gasteiger partial charge in [0.25, 0.3) is 0 Å². The lowest BCUT2D eigenvalue weighted by molar-refractivity contribution is 0.131. The van der Waals surface area contributed by atoms with E-state index >= 15 is 0 Å². The van der Waals surface area contributed by atoms with Crippen molar-refractivity contribution >= 4 is 16.0 Å². The highest BCUT2D eigenvalue weighted by atomic mass is 32.2. The van der Waals surface area contributed by atoms with E-state index in [0.29, 0.717) is 12.0 Å². The first-order valence-electron chi connectivity index (χ1n) is 7.55. The van der Waals surface area contributed by atoms with Crippen LogP contribution in [0.25, 0.3) is 0 Å². The van der Waals surface area contributed by atoms with Crippen molar-refractivity contribution in [1.82, 2.24) is 15.4 Å². The van der Waals surface area contributed by atoms with Crippen LogP contribution >= 0.6 is 0 Å². The van der Waals surface area contributed by atoms with Crippen LogP contribution < -0.4 is 15.4 Å². The van der Waals surface area contributed by atoms with Gasteiger partial charge in [-0.2, -0.15) is 0 Å². The summed E-state index contributed by atoms with van der Waals surface area (Å²) in [6.45, 7) is 7.31. The summed E-state index contributed by atoms with van der Waals surface area (Å²) in [5.41, 5.74) is -0.151. The van der Waals surface area contributed by atoms with E-state index in [2.05, 4.69) is 27.3 Å². The van der Waals surface area contributed by atoms with Gasteiger partial charge >= 0.3 is 0 Å². The molecule has 0 amide bonds. The number of sulfonamides is 1. The summed E-state index contributed by atoms with van der Waals surface area (Å²) >= 11 is 0. The van der Waals surface area contributed by atoms with Crippen LogP contribution in [0.3, 0.4) is 0 Å². The Labute approximate surface area is 129 Å². The van der Waals surface area contributed by atoms with Gasteiger partial charge in [0, 0.05) is 25.7 Å². The summed E-state index contributed by atoms with van der Waals surface area (Å²) < 4.78 is 25.2. The second-order valence-electron chi connectivity index (χ2n) is 6.74. The minimum absolute atomic E-state index is 0.415. The average molecular weight is 318 g/mol. The Kier molecular flexibility index (Phi) is 6.04. The molecule has 1 fully saturated rings. The van der Waals surface area contributed by atoms with Gasteiger partial charge in [-0.05, 0) is 38.5 Å². The van der Waals surface area contributed by atoms with Gasteiger partial charge in [0.1, 0.15) is 0 Å². The summed E-state index contributed by atoms with van der Waals surface area (Å²) in [5.74, 6) is 0.720. The lowest BCUT2D eigenvalue weighted by atomic mass is 9.67. The molecule has 0 saturated heterocycles. The van der Waals surface area contributed by atoms with Gasteiger partial charge in [-0.3, -0.25) is 4.99 Å². The number of nitrogens with zero attached hydrogens (tertiary/aromatic N) is 1. The van der Waals surface area contributed by atoms with E-state index in [-0.39, 0.29) is 0 Å². The highest BCUT2D eigenvalue weighted by molar-refractivity contribution is 7.88. The predicted octanol–water partition coefficient (Wildman–Crippen LogP) is 1.06.